The molecule has 0 amide bonds. The standard InChI is InChI=1S/C14H19FO5/c1-10(7-18-2)19-8-12(17)9-20-14-4-3-11(6-16)5-13(14)15/h3-6,10,12,17H,7-9H2,1-2H3. The number of halogens is 1. The van der Waals surface area contributed by atoms with Gasteiger partial charge in [-0.1, -0.05) is 0 Å². The van der Waals surface area contributed by atoms with Gasteiger partial charge in [0.15, 0.2) is 11.6 Å². The highest BCUT2D eigenvalue weighted by molar-refractivity contribution is 5.74. The van der Waals surface area contributed by atoms with E-state index < -0.39 is 11.9 Å². The van der Waals surface area contributed by atoms with E-state index in [0.29, 0.717) is 12.9 Å². The van der Waals surface area contributed by atoms with Gasteiger partial charge in [0.25, 0.3) is 0 Å². The molecule has 1 aromatic carbocycles. The fourth-order valence-corrected chi connectivity index (χ4v) is 1.50. The smallest absolute Gasteiger partial charge is 0.165 e. The Bertz CT molecular complexity index is 424. The number of aliphatic hydroxyl groups excluding tert-OH is 1. The Hall–Kier alpha value is -1.50. The van der Waals surface area contributed by atoms with Gasteiger partial charge in [-0.05, 0) is 25.1 Å². The molecule has 1 N–H and O–H groups in total. The molecule has 1 rings (SSSR count). The molecule has 112 valence electrons. The third-order valence-corrected chi connectivity index (χ3v) is 2.50. The van der Waals surface area contributed by atoms with Gasteiger partial charge in [-0.15, -0.1) is 0 Å². The Morgan fingerprint density at radius 1 is 1.35 bits per heavy atom. The van der Waals surface area contributed by atoms with Crippen molar-refractivity contribution >= 4 is 6.29 Å². The number of methoxy groups -OCH3 is 1. The number of hydrogen-bond donors (Lipinski definition) is 1. The minimum absolute atomic E-state index is 0.0143. The highest BCUT2D eigenvalue weighted by Gasteiger charge is 2.11. The summed E-state index contributed by atoms with van der Waals surface area (Å²) in [5.41, 5.74) is 0.229. The minimum atomic E-state index is -0.876. The van der Waals surface area contributed by atoms with Crippen molar-refractivity contribution in [3.05, 3.63) is 29.6 Å². The third kappa shape index (κ3) is 5.64. The molecule has 0 fully saturated rings. The minimum Gasteiger partial charge on any atom is -0.488 e. The van der Waals surface area contributed by atoms with Crippen LogP contribution in [0.2, 0.25) is 0 Å². The highest BCUT2D eigenvalue weighted by Crippen LogP contribution is 2.17. The van der Waals surface area contributed by atoms with E-state index in [9.17, 15) is 14.3 Å². The maximum Gasteiger partial charge on any atom is 0.165 e. The van der Waals surface area contributed by atoms with Gasteiger partial charge < -0.3 is 19.3 Å². The van der Waals surface area contributed by atoms with Crippen LogP contribution >= 0.6 is 0 Å². The fraction of sp³-hybridized carbons (Fsp3) is 0.500. The topological polar surface area (TPSA) is 65.0 Å². The lowest BCUT2D eigenvalue weighted by atomic mass is 10.2. The van der Waals surface area contributed by atoms with Crippen molar-refractivity contribution in [2.24, 2.45) is 0 Å². The normalized spacial score (nSPS) is 13.8. The van der Waals surface area contributed by atoms with Crippen molar-refractivity contribution < 1.29 is 28.5 Å². The molecule has 0 aliphatic heterocycles. The zero-order chi connectivity index (χ0) is 15.0. The lowest BCUT2D eigenvalue weighted by molar-refractivity contribution is -0.0425. The summed E-state index contributed by atoms with van der Waals surface area (Å²) < 4.78 is 28.8. The zero-order valence-corrected chi connectivity index (χ0v) is 11.5. The van der Waals surface area contributed by atoms with Crippen LogP contribution in [0.25, 0.3) is 0 Å². The number of aldehydes is 1. The van der Waals surface area contributed by atoms with Crippen LogP contribution in [-0.2, 0) is 9.47 Å². The summed E-state index contributed by atoms with van der Waals surface area (Å²) in [6, 6.07) is 3.86. The second-order valence-electron chi connectivity index (χ2n) is 4.37. The molecule has 0 aromatic heterocycles. The van der Waals surface area contributed by atoms with E-state index in [2.05, 4.69) is 0 Å². The zero-order valence-electron chi connectivity index (χ0n) is 11.5. The van der Waals surface area contributed by atoms with Gasteiger partial charge in [0.2, 0.25) is 0 Å². The van der Waals surface area contributed by atoms with Crippen molar-refractivity contribution in [1.29, 1.82) is 0 Å². The first kappa shape index (κ1) is 16.6. The predicted octanol–water partition coefficient (Wildman–Crippen LogP) is 1.43. The van der Waals surface area contributed by atoms with E-state index in [0.717, 1.165) is 6.07 Å². The van der Waals surface area contributed by atoms with E-state index in [4.69, 9.17) is 14.2 Å². The number of aliphatic hydroxyl groups is 1. The highest BCUT2D eigenvalue weighted by atomic mass is 19.1. The Morgan fingerprint density at radius 2 is 2.10 bits per heavy atom. The third-order valence-electron chi connectivity index (χ3n) is 2.50. The number of hydrogen-bond acceptors (Lipinski definition) is 5. The second kappa shape index (κ2) is 8.63. The van der Waals surface area contributed by atoms with Crippen molar-refractivity contribution in [2.45, 2.75) is 19.1 Å². The molecule has 0 heterocycles. The van der Waals surface area contributed by atoms with Crippen LogP contribution in [0.3, 0.4) is 0 Å². The van der Waals surface area contributed by atoms with E-state index in [1.807, 2.05) is 6.92 Å². The fourth-order valence-electron chi connectivity index (χ4n) is 1.50. The van der Waals surface area contributed by atoms with Crippen LogP contribution in [0.15, 0.2) is 18.2 Å². The molecule has 2 unspecified atom stereocenters. The van der Waals surface area contributed by atoms with Gasteiger partial charge in [-0.3, -0.25) is 4.79 Å². The first-order valence-electron chi connectivity index (χ1n) is 6.23. The molecule has 6 heteroatoms. The van der Waals surface area contributed by atoms with Crippen LogP contribution in [0, 0.1) is 5.82 Å². The molecule has 5 nitrogen and oxygen atoms in total. The monoisotopic (exact) mass is 286 g/mol. The first-order chi connectivity index (χ1) is 9.56. The first-order valence-corrected chi connectivity index (χ1v) is 6.23. The Labute approximate surface area is 117 Å². The van der Waals surface area contributed by atoms with Crippen molar-refractivity contribution in [3.63, 3.8) is 0 Å². The molecule has 0 saturated carbocycles. The molecule has 0 aliphatic carbocycles. The van der Waals surface area contributed by atoms with Crippen LogP contribution < -0.4 is 4.74 Å². The molecule has 0 bridgehead atoms. The lowest BCUT2D eigenvalue weighted by Gasteiger charge is -2.16. The van der Waals surface area contributed by atoms with E-state index in [1.165, 1.54) is 12.1 Å². The number of benzene rings is 1. The quantitative estimate of drug-likeness (QED) is 0.696. The molecule has 0 spiro atoms. The Kier molecular flexibility index (Phi) is 7.14. The predicted molar refractivity (Wildman–Crippen MR) is 70.6 cm³/mol. The van der Waals surface area contributed by atoms with Crippen molar-refractivity contribution in [3.8, 4) is 5.75 Å². The Morgan fingerprint density at radius 3 is 2.70 bits per heavy atom. The number of ether oxygens (including phenoxy) is 3. The summed E-state index contributed by atoms with van der Waals surface area (Å²) in [6.07, 6.45) is -0.468. The van der Waals surface area contributed by atoms with Gasteiger partial charge in [-0.25, -0.2) is 4.39 Å². The summed E-state index contributed by atoms with van der Waals surface area (Å²) in [5.74, 6) is -0.657. The SMILES string of the molecule is COCC(C)OCC(O)COc1ccc(C=O)cc1F. The maximum atomic E-state index is 13.5. The van der Waals surface area contributed by atoms with Crippen LogP contribution in [0.1, 0.15) is 17.3 Å². The molecule has 2 atom stereocenters. The van der Waals surface area contributed by atoms with Crippen molar-refractivity contribution in [2.75, 3.05) is 26.9 Å². The molecular formula is C14H19FO5. The molecule has 1 aromatic rings. The van der Waals surface area contributed by atoms with Gasteiger partial charge in [0.1, 0.15) is 19.0 Å². The summed E-state index contributed by atoms with van der Waals surface area (Å²) in [7, 11) is 1.56. The molecule has 0 radical (unpaired) electrons. The van der Waals surface area contributed by atoms with E-state index in [1.54, 1.807) is 7.11 Å². The maximum absolute atomic E-state index is 13.5. The summed E-state index contributed by atoms with van der Waals surface area (Å²) in [6.45, 7) is 2.21. The van der Waals surface area contributed by atoms with Crippen LogP contribution in [-0.4, -0.2) is 50.5 Å². The average Bonchev–Trinajstić information content (AvgIpc) is 2.44. The lowest BCUT2D eigenvalue weighted by Crippen LogP contribution is -2.27. The summed E-state index contributed by atoms with van der Waals surface area (Å²) >= 11 is 0. The van der Waals surface area contributed by atoms with Crippen LogP contribution in [0.5, 0.6) is 5.75 Å². The van der Waals surface area contributed by atoms with Gasteiger partial charge in [0, 0.05) is 12.7 Å². The summed E-state index contributed by atoms with van der Waals surface area (Å²) in [4.78, 5) is 10.5. The van der Waals surface area contributed by atoms with E-state index >= 15 is 0 Å². The molecule has 20 heavy (non-hydrogen) atoms. The second-order valence-corrected chi connectivity index (χ2v) is 4.37. The Balaban J connectivity index is 2.37. The van der Waals surface area contributed by atoms with Gasteiger partial charge in [0.05, 0.1) is 19.3 Å². The van der Waals surface area contributed by atoms with Gasteiger partial charge >= 0.3 is 0 Å². The van der Waals surface area contributed by atoms with Gasteiger partial charge in [-0.2, -0.15) is 0 Å². The van der Waals surface area contributed by atoms with E-state index in [-0.39, 0.29) is 30.6 Å². The number of carbonyl (C=O) groups excluding carboxylic acids is 1. The average molecular weight is 286 g/mol. The summed E-state index contributed by atoms with van der Waals surface area (Å²) in [5, 5.41) is 9.65. The number of carbonyl (C=O) groups is 1. The molecule has 0 aliphatic rings. The number of rotatable bonds is 9. The molecular weight excluding hydrogens is 267 g/mol. The van der Waals surface area contributed by atoms with Crippen LogP contribution in [0.4, 0.5) is 4.39 Å². The molecule has 0 saturated heterocycles. The van der Waals surface area contributed by atoms with Crippen molar-refractivity contribution in [1.82, 2.24) is 0 Å². The largest absolute Gasteiger partial charge is 0.488 e.